The van der Waals surface area contributed by atoms with E-state index in [1.807, 2.05) is 0 Å². The highest BCUT2D eigenvalue weighted by Gasteiger charge is 2.36. The van der Waals surface area contributed by atoms with Crippen molar-refractivity contribution in [3.63, 3.8) is 0 Å². The molecule has 3 unspecified atom stereocenters. The molecule has 56 heavy (non-hydrogen) atoms. The molecule has 1 saturated heterocycles. The van der Waals surface area contributed by atoms with Gasteiger partial charge in [-0.3, -0.25) is 14.1 Å². The fraction of sp³-hybridized carbons (Fsp3) is 0.913. The highest BCUT2D eigenvalue weighted by atomic mass is 31.2. The highest BCUT2D eigenvalue weighted by molar-refractivity contribution is 7.46. The van der Waals surface area contributed by atoms with E-state index >= 15 is 0 Å². The van der Waals surface area contributed by atoms with Crippen molar-refractivity contribution in [3.8, 4) is 0 Å². The molecular formula is C46H87O9P. The summed E-state index contributed by atoms with van der Waals surface area (Å²) in [5, 5.41) is 0. The van der Waals surface area contributed by atoms with Gasteiger partial charge in [-0.1, -0.05) is 193 Å². The number of allylic oxidation sites excluding steroid dienone is 1. The summed E-state index contributed by atoms with van der Waals surface area (Å²) in [5.74, 6) is 0.00583. The Morgan fingerprint density at radius 1 is 0.625 bits per heavy atom. The van der Waals surface area contributed by atoms with Gasteiger partial charge in [-0.25, -0.2) is 4.57 Å². The molecule has 2 N–H and O–H groups in total. The Kier molecular flexibility index (Phi) is 34.7. The van der Waals surface area contributed by atoms with Gasteiger partial charge in [-0.15, -0.1) is 0 Å². The van der Waals surface area contributed by atoms with Crippen LogP contribution in [0.3, 0.4) is 0 Å². The van der Waals surface area contributed by atoms with E-state index < -0.39 is 32.5 Å². The van der Waals surface area contributed by atoms with Crippen LogP contribution < -0.4 is 0 Å². The minimum atomic E-state index is -4.76. The van der Waals surface area contributed by atoms with Crippen molar-refractivity contribution >= 4 is 19.8 Å². The zero-order chi connectivity index (χ0) is 41.0. The molecule has 1 fully saturated rings. The minimum Gasteiger partial charge on any atom is -0.462 e. The van der Waals surface area contributed by atoms with Crippen molar-refractivity contribution in [2.75, 3.05) is 13.2 Å². The summed E-state index contributed by atoms with van der Waals surface area (Å²) in [6.07, 6.45) is 42.5. The van der Waals surface area contributed by atoms with Gasteiger partial charge in [0.2, 0.25) is 0 Å². The zero-order valence-corrected chi connectivity index (χ0v) is 37.3. The molecule has 0 aromatic carbocycles. The standard InChI is InChI=1S/C46H87O9P/c1-4-6-29-35-43-44(55-43)36-31-26-22-19-20-24-28-33-38-46(48)54-42(40-53-56(49,50)51)39-52-45(47)37-32-27-23-18-16-14-12-10-8-7-9-11-13-15-17-21-25-30-34-41(3)5-2/h26,31,41-44H,4-25,27-30,32-40H2,1-3H3,(H2,49,50,51)/b31-26-/t41?,42-,43?,44?/m1/s1. The van der Waals surface area contributed by atoms with Crippen LogP contribution in [0.1, 0.15) is 233 Å². The summed E-state index contributed by atoms with van der Waals surface area (Å²) in [6, 6.07) is 0. The lowest BCUT2D eigenvalue weighted by Gasteiger charge is -2.18. The summed E-state index contributed by atoms with van der Waals surface area (Å²) in [5.41, 5.74) is 0. The van der Waals surface area contributed by atoms with E-state index in [2.05, 4.69) is 37.4 Å². The van der Waals surface area contributed by atoms with E-state index in [0.29, 0.717) is 18.6 Å². The predicted octanol–water partition coefficient (Wildman–Crippen LogP) is 13.4. The van der Waals surface area contributed by atoms with Crippen LogP contribution >= 0.6 is 7.82 Å². The van der Waals surface area contributed by atoms with Crippen molar-refractivity contribution < 1.29 is 42.7 Å². The Bertz CT molecular complexity index is 999. The van der Waals surface area contributed by atoms with Gasteiger partial charge in [0.15, 0.2) is 6.10 Å². The molecule has 0 radical (unpaired) electrons. The summed E-state index contributed by atoms with van der Waals surface area (Å²) in [4.78, 5) is 43.0. The van der Waals surface area contributed by atoms with E-state index in [9.17, 15) is 14.2 Å². The number of phosphoric ester groups is 1. The molecule has 10 heteroatoms. The van der Waals surface area contributed by atoms with E-state index in [1.165, 1.54) is 135 Å². The Labute approximate surface area is 343 Å². The molecule has 9 nitrogen and oxygen atoms in total. The highest BCUT2D eigenvalue weighted by Crippen LogP contribution is 2.36. The maximum Gasteiger partial charge on any atom is 0.469 e. The Morgan fingerprint density at radius 3 is 1.64 bits per heavy atom. The monoisotopic (exact) mass is 815 g/mol. The number of hydrogen-bond donors (Lipinski definition) is 2. The quantitative estimate of drug-likeness (QED) is 0.0203. The van der Waals surface area contributed by atoms with Crippen LogP contribution in [0.25, 0.3) is 0 Å². The molecule has 1 aliphatic rings. The molecule has 0 aromatic heterocycles. The molecule has 0 aromatic rings. The Balaban J connectivity index is 1.99. The fourth-order valence-electron chi connectivity index (χ4n) is 7.24. The van der Waals surface area contributed by atoms with Gasteiger partial charge in [0.05, 0.1) is 18.8 Å². The van der Waals surface area contributed by atoms with Crippen LogP contribution in [0.15, 0.2) is 12.2 Å². The van der Waals surface area contributed by atoms with Crippen molar-refractivity contribution in [1.82, 2.24) is 0 Å². The molecule has 1 heterocycles. The van der Waals surface area contributed by atoms with Crippen LogP contribution in [0.2, 0.25) is 0 Å². The summed E-state index contributed by atoms with van der Waals surface area (Å²) in [7, 11) is -4.76. The molecule has 1 rings (SSSR count). The molecule has 1 aliphatic heterocycles. The van der Waals surface area contributed by atoms with Crippen LogP contribution in [0.5, 0.6) is 0 Å². The molecule has 330 valence electrons. The molecule has 0 aliphatic carbocycles. The van der Waals surface area contributed by atoms with E-state index in [4.69, 9.17) is 24.0 Å². The molecule has 0 saturated carbocycles. The summed E-state index contributed by atoms with van der Waals surface area (Å²) >= 11 is 0. The molecule has 0 amide bonds. The SMILES string of the molecule is CCCCCC1OC1C/C=C\CCCCCCCC(=O)O[C@H](COC(=O)CCCCCCCCCCCCCCCCCCCCC(C)CC)COP(=O)(O)O. The van der Waals surface area contributed by atoms with E-state index in [-0.39, 0.29) is 19.4 Å². The lowest BCUT2D eigenvalue weighted by atomic mass is 9.99. The smallest absolute Gasteiger partial charge is 0.462 e. The number of rotatable bonds is 42. The fourth-order valence-corrected chi connectivity index (χ4v) is 7.60. The number of ether oxygens (including phenoxy) is 3. The Morgan fingerprint density at radius 2 is 1.12 bits per heavy atom. The van der Waals surface area contributed by atoms with Crippen molar-refractivity contribution in [2.24, 2.45) is 5.92 Å². The third-order valence-electron chi connectivity index (χ3n) is 11.2. The molecule has 4 atom stereocenters. The topological polar surface area (TPSA) is 132 Å². The van der Waals surface area contributed by atoms with Crippen molar-refractivity contribution in [1.29, 1.82) is 0 Å². The van der Waals surface area contributed by atoms with Gasteiger partial charge in [0.1, 0.15) is 6.61 Å². The van der Waals surface area contributed by atoms with Gasteiger partial charge in [0.25, 0.3) is 0 Å². The molecular weight excluding hydrogens is 727 g/mol. The van der Waals surface area contributed by atoms with E-state index in [0.717, 1.165) is 63.7 Å². The maximum atomic E-state index is 12.4. The molecule has 0 bridgehead atoms. The van der Waals surface area contributed by atoms with Crippen molar-refractivity contribution in [2.45, 2.75) is 251 Å². The largest absolute Gasteiger partial charge is 0.469 e. The first-order chi connectivity index (χ1) is 27.1. The maximum absolute atomic E-state index is 12.4. The number of epoxide rings is 1. The summed E-state index contributed by atoms with van der Waals surface area (Å²) in [6.45, 7) is 6.06. The second kappa shape index (κ2) is 36.8. The lowest BCUT2D eigenvalue weighted by molar-refractivity contribution is -0.161. The van der Waals surface area contributed by atoms with Gasteiger partial charge < -0.3 is 24.0 Å². The number of esters is 2. The Hall–Kier alpha value is -1.25. The number of hydrogen-bond acceptors (Lipinski definition) is 7. The first kappa shape index (κ1) is 52.8. The van der Waals surface area contributed by atoms with Gasteiger partial charge in [-0.2, -0.15) is 0 Å². The number of carbonyl (C=O) groups is 2. The minimum absolute atomic E-state index is 0.195. The zero-order valence-electron chi connectivity index (χ0n) is 36.4. The third kappa shape index (κ3) is 35.9. The van der Waals surface area contributed by atoms with Crippen LogP contribution in [-0.2, 0) is 32.9 Å². The number of carbonyl (C=O) groups excluding carboxylic acids is 2. The van der Waals surface area contributed by atoms with Crippen LogP contribution in [-0.4, -0.2) is 53.3 Å². The second-order valence-corrected chi connectivity index (χ2v) is 18.0. The number of unbranched alkanes of at least 4 members (excludes halogenated alkanes) is 24. The average Bonchev–Trinajstić information content (AvgIpc) is 3.93. The first-order valence-corrected chi connectivity index (χ1v) is 25.0. The average molecular weight is 815 g/mol. The second-order valence-electron chi connectivity index (χ2n) is 16.7. The van der Waals surface area contributed by atoms with Crippen LogP contribution in [0, 0.1) is 5.92 Å². The lowest BCUT2D eigenvalue weighted by Crippen LogP contribution is -2.29. The van der Waals surface area contributed by atoms with Gasteiger partial charge in [-0.05, 0) is 44.4 Å². The van der Waals surface area contributed by atoms with Crippen LogP contribution in [0.4, 0.5) is 0 Å². The predicted molar refractivity (Wildman–Crippen MR) is 230 cm³/mol. The van der Waals surface area contributed by atoms with Gasteiger partial charge >= 0.3 is 19.8 Å². The first-order valence-electron chi connectivity index (χ1n) is 23.5. The number of phosphoric acid groups is 1. The van der Waals surface area contributed by atoms with E-state index in [1.54, 1.807) is 0 Å². The third-order valence-corrected chi connectivity index (χ3v) is 11.7. The normalized spacial score (nSPS) is 16.7. The van der Waals surface area contributed by atoms with Gasteiger partial charge in [0, 0.05) is 12.8 Å². The van der Waals surface area contributed by atoms with Crippen molar-refractivity contribution in [3.05, 3.63) is 12.2 Å². The molecule has 0 spiro atoms. The summed E-state index contributed by atoms with van der Waals surface area (Å²) < 4.78 is 32.2.